The second-order valence-electron chi connectivity index (χ2n) is 7.04. The lowest BCUT2D eigenvalue weighted by atomic mass is 9.99. The molecule has 2 rings (SSSR count). The van der Waals surface area contributed by atoms with Crippen molar-refractivity contribution in [3.05, 3.63) is 30.0 Å². The Morgan fingerprint density at radius 3 is 2.93 bits per heavy atom. The first-order chi connectivity index (χ1) is 13.1. The summed E-state index contributed by atoms with van der Waals surface area (Å²) in [5.74, 6) is 2.00. The zero-order valence-electron chi connectivity index (χ0n) is 16.8. The van der Waals surface area contributed by atoms with E-state index in [0.29, 0.717) is 5.96 Å². The van der Waals surface area contributed by atoms with Crippen molar-refractivity contribution in [3.8, 4) is 5.75 Å². The van der Waals surface area contributed by atoms with Gasteiger partial charge in [0, 0.05) is 29.2 Å². The molecule has 1 aromatic heterocycles. The minimum atomic E-state index is 0.350. The molecule has 148 valence electrons. The molecule has 1 aromatic carbocycles. The van der Waals surface area contributed by atoms with Gasteiger partial charge in [0.05, 0.1) is 13.3 Å². The topological polar surface area (TPSA) is 87.8 Å². The van der Waals surface area contributed by atoms with Crippen molar-refractivity contribution in [2.45, 2.75) is 52.4 Å². The number of ether oxygens (including phenoxy) is 1. The predicted octanol–water partition coefficient (Wildman–Crippen LogP) is 4.41. The highest BCUT2D eigenvalue weighted by Gasteiger charge is 2.03. The summed E-state index contributed by atoms with van der Waals surface area (Å²) in [6, 6.07) is 5.89. The van der Waals surface area contributed by atoms with Crippen LogP contribution in [0.2, 0.25) is 0 Å². The normalized spacial score (nSPS) is 13.4. The first kappa shape index (κ1) is 20.8. The second kappa shape index (κ2) is 11.3. The van der Waals surface area contributed by atoms with Crippen LogP contribution in [-0.4, -0.2) is 30.8 Å². The van der Waals surface area contributed by atoms with E-state index in [9.17, 15) is 0 Å². The summed E-state index contributed by atoms with van der Waals surface area (Å²) in [6.07, 6.45) is 11.1. The quantitative estimate of drug-likeness (QED) is 0.237. The van der Waals surface area contributed by atoms with E-state index < -0.39 is 0 Å². The Hall–Kier alpha value is -2.50. The first-order valence-corrected chi connectivity index (χ1v) is 9.88. The second-order valence-corrected chi connectivity index (χ2v) is 7.04. The summed E-state index contributed by atoms with van der Waals surface area (Å²) < 4.78 is 5.27. The van der Waals surface area contributed by atoms with Crippen molar-refractivity contribution < 1.29 is 4.74 Å². The van der Waals surface area contributed by atoms with Gasteiger partial charge < -0.3 is 15.5 Å². The van der Waals surface area contributed by atoms with E-state index in [2.05, 4.69) is 34.4 Å². The maximum Gasteiger partial charge on any atom is 0.209 e. The molecule has 1 heterocycles. The number of rotatable bonds is 11. The largest absolute Gasteiger partial charge is 0.497 e. The molecular weight excluding hydrogens is 338 g/mol. The third-order valence-electron chi connectivity index (χ3n) is 4.72. The third-order valence-corrected chi connectivity index (χ3v) is 4.72. The molecule has 0 radical (unpaired) electrons. The van der Waals surface area contributed by atoms with Gasteiger partial charge in [-0.3, -0.25) is 4.99 Å². The van der Waals surface area contributed by atoms with E-state index in [1.807, 2.05) is 24.4 Å². The average molecular weight is 372 g/mol. The van der Waals surface area contributed by atoms with Gasteiger partial charge in [-0.2, -0.15) is 5.10 Å². The van der Waals surface area contributed by atoms with E-state index in [4.69, 9.17) is 10.5 Å². The molecule has 1 atom stereocenters. The number of unbranched alkanes of at least 4 members (excludes halogenated alkanes) is 2. The zero-order valence-corrected chi connectivity index (χ0v) is 16.8. The number of aliphatic imine (C=N–C) groups is 1. The number of H-pyrrole nitrogens is 1. The standard InChI is InChI=1S/C21H33N5O/c1-4-8-16(2)9-6-5-7-12-23-21(22)26-25-15-17-14-24-20-11-10-18(27-3)13-19(17)20/h10-11,13-16,24H,4-9,12H2,1-3H3,(H3,22,23,26)/b25-15-. The molecule has 6 heteroatoms. The molecule has 0 fully saturated rings. The van der Waals surface area contributed by atoms with Crippen LogP contribution in [0.1, 0.15) is 57.9 Å². The highest BCUT2D eigenvalue weighted by molar-refractivity contribution is 5.99. The van der Waals surface area contributed by atoms with E-state index in [1.165, 1.54) is 32.1 Å². The number of aromatic nitrogens is 1. The average Bonchev–Trinajstić information content (AvgIpc) is 3.07. The van der Waals surface area contributed by atoms with Gasteiger partial charge in [-0.25, -0.2) is 5.43 Å². The third kappa shape index (κ3) is 6.96. The number of nitrogens with one attached hydrogen (secondary N) is 2. The Morgan fingerprint density at radius 1 is 1.30 bits per heavy atom. The Bertz CT molecular complexity index is 750. The van der Waals surface area contributed by atoms with Crippen molar-refractivity contribution in [2.75, 3.05) is 13.7 Å². The smallest absolute Gasteiger partial charge is 0.209 e. The Labute approximate surface area is 162 Å². The lowest BCUT2D eigenvalue weighted by Gasteiger charge is -2.08. The van der Waals surface area contributed by atoms with E-state index in [-0.39, 0.29) is 0 Å². The van der Waals surface area contributed by atoms with Gasteiger partial charge in [0.15, 0.2) is 0 Å². The minimum Gasteiger partial charge on any atom is -0.497 e. The number of aromatic amines is 1. The molecule has 4 N–H and O–H groups in total. The molecule has 0 aliphatic heterocycles. The number of hydrogen-bond acceptors (Lipinski definition) is 3. The highest BCUT2D eigenvalue weighted by atomic mass is 16.5. The van der Waals surface area contributed by atoms with Crippen molar-refractivity contribution in [2.24, 2.45) is 21.7 Å². The summed E-state index contributed by atoms with van der Waals surface area (Å²) >= 11 is 0. The van der Waals surface area contributed by atoms with Gasteiger partial charge in [0.1, 0.15) is 5.75 Å². The fraction of sp³-hybridized carbons (Fsp3) is 0.524. The molecule has 1 unspecified atom stereocenters. The number of methoxy groups -OCH3 is 1. The molecule has 0 spiro atoms. The van der Waals surface area contributed by atoms with Crippen LogP contribution in [-0.2, 0) is 0 Å². The minimum absolute atomic E-state index is 0.350. The fourth-order valence-corrected chi connectivity index (χ4v) is 3.18. The van der Waals surface area contributed by atoms with E-state index in [0.717, 1.165) is 41.1 Å². The number of fused-ring (bicyclic) bond motifs is 1. The first-order valence-electron chi connectivity index (χ1n) is 9.88. The van der Waals surface area contributed by atoms with Crippen molar-refractivity contribution in [1.29, 1.82) is 0 Å². The molecule has 0 saturated heterocycles. The van der Waals surface area contributed by atoms with E-state index in [1.54, 1.807) is 13.3 Å². The Kier molecular flexibility index (Phi) is 8.68. The van der Waals surface area contributed by atoms with Crippen LogP contribution in [0.25, 0.3) is 10.9 Å². The number of nitrogens with two attached hydrogens (primary N) is 1. The summed E-state index contributed by atoms with van der Waals surface area (Å²) in [5.41, 5.74) is 10.7. The summed E-state index contributed by atoms with van der Waals surface area (Å²) in [7, 11) is 1.66. The highest BCUT2D eigenvalue weighted by Crippen LogP contribution is 2.22. The van der Waals surface area contributed by atoms with Crippen molar-refractivity contribution in [1.82, 2.24) is 10.4 Å². The molecule has 0 saturated carbocycles. The zero-order chi connectivity index (χ0) is 19.5. The molecule has 2 aromatic rings. The van der Waals surface area contributed by atoms with Gasteiger partial charge >= 0.3 is 0 Å². The van der Waals surface area contributed by atoms with Crippen LogP contribution in [0.5, 0.6) is 5.75 Å². The number of benzene rings is 1. The molecule has 6 nitrogen and oxygen atoms in total. The number of hydrogen-bond donors (Lipinski definition) is 3. The van der Waals surface area contributed by atoms with Crippen LogP contribution in [0.15, 0.2) is 34.5 Å². The summed E-state index contributed by atoms with van der Waals surface area (Å²) in [4.78, 5) is 7.54. The van der Waals surface area contributed by atoms with Crippen LogP contribution < -0.4 is 15.9 Å². The Balaban J connectivity index is 1.73. The lowest BCUT2D eigenvalue weighted by Crippen LogP contribution is -2.27. The summed E-state index contributed by atoms with van der Waals surface area (Å²) in [5, 5.41) is 5.24. The monoisotopic (exact) mass is 371 g/mol. The SMILES string of the molecule is CCCC(C)CCCCCN=C(N)N/N=C\c1c[nH]c2ccc(OC)cc12. The molecule has 0 amide bonds. The van der Waals surface area contributed by atoms with Gasteiger partial charge in [0.2, 0.25) is 5.96 Å². The van der Waals surface area contributed by atoms with Gasteiger partial charge in [-0.05, 0) is 30.5 Å². The lowest BCUT2D eigenvalue weighted by molar-refractivity contribution is 0.415. The molecular formula is C21H33N5O. The number of hydrazone groups is 1. The predicted molar refractivity (Wildman–Crippen MR) is 115 cm³/mol. The van der Waals surface area contributed by atoms with Gasteiger partial charge in [-0.1, -0.05) is 46.0 Å². The molecule has 0 aliphatic rings. The Morgan fingerprint density at radius 2 is 2.15 bits per heavy atom. The van der Waals surface area contributed by atoms with Gasteiger partial charge in [0.25, 0.3) is 0 Å². The van der Waals surface area contributed by atoms with Crippen LogP contribution >= 0.6 is 0 Å². The molecule has 0 aliphatic carbocycles. The maximum atomic E-state index is 5.87. The molecule has 0 bridgehead atoms. The molecule has 27 heavy (non-hydrogen) atoms. The summed E-state index contributed by atoms with van der Waals surface area (Å²) in [6.45, 7) is 5.32. The number of nitrogens with zero attached hydrogens (tertiary/aromatic N) is 2. The van der Waals surface area contributed by atoms with Crippen molar-refractivity contribution >= 4 is 23.1 Å². The van der Waals surface area contributed by atoms with Crippen LogP contribution in [0.4, 0.5) is 0 Å². The van der Waals surface area contributed by atoms with E-state index >= 15 is 0 Å². The van der Waals surface area contributed by atoms with Crippen molar-refractivity contribution in [3.63, 3.8) is 0 Å². The maximum absolute atomic E-state index is 5.87. The number of guanidine groups is 1. The van der Waals surface area contributed by atoms with Gasteiger partial charge in [-0.15, -0.1) is 0 Å². The fourth-order valence-electron chi connectivity index (χ4n) is 3.18. The van der Waals surface area contributed by atoms with Crippen LogP contribution in [0, 0.1) is 5.92 Å². The van der Waals surface area contributed by atoms with Crippen LogP contribution in [0.3, 0.4) is 0 Å².